The zero-order valence-electron chi connectivity index (χ0n) is 14.2. The van der Waals surface area contributed by atoms with Gasteiger partial charge in [0.25, 0.3) is 0 Å². The summed E-state index contributed by atoms with van der Waals surface area (Å²) in [5, 5.41) is 7.87. The molecule has 0 nitrogen and oxygen atoms in total. The zero-order chi connectivity index (χ0) is 16.8. The summed E-state index contributed by atoms with van der Waals surface area (Å²) >= 11 is 0. The van der Waals surface area contributed by atoms with Gasteiger partial charge in [-0.05, 0) is 56.4 Å². The molecule has 0 N–H and O–H groups in total. The van der Waals surface area contributed by atoms with Crippen LogP contribution in [0.2, 0.25) is 0 Å². The van der Waals surface area contributed by atoms with Crippen LogP contribution in [0.3, 0.4) is 0 Å². The number of aryl methyl sites for hydroxylation is 1. The molecule has 0 aliphatic carbocycles. The molecule has 0 heteroatoms. The highest BCUT2D eigenvalue weighted by molar-refractivity contribution is 6.21. The molecule has 0 fully saturated rings. The van der Waals surface area contributed by atoms with Gasteiger partial charge in [0.1, 0.15) is 0 Å². The second kappa shape index (κ2) is 5.46. The van der Waals surface area contributed by atoms with Crippen LogP contribution in [0.15, 0.2) is 91.0 Å². The molecule has 0 bridgehead atoms. The van der Waals surface area contributed by atoms with Gasteiger partial charge in [0.2, 0.25) is 0 Å². The van der Waals surface area contributed by atoms with E-state index in [-0.39, 0.29) is 0 Å². The third-order valence-electron chi connectivity index (χ3n) is 5.09. The molecule has 0 aliphatic rings. The summed E-state index contributed by atoms with van der Waals surface area (Å²) < 4.78 is 0. The van der Waals surface area contributed by atoms with Gasteiger partial charge in [-0.15, -0.1) is 0 Å². The first kappa shape index (κ1) is 14.2. The molecule has 118 valence electrons. The van der Waals surface area contributed by atoms with Crippen molar-refractivity contribution in [3.05, 3.63) is 96.6 Å². The SMILES string of the molecule is Cc1ccc(-c2c3ccccc3cc3ccc4ccccc4c23)cc1. The third-order valence-corrected chi connectivity index (χ3v) is 5.09. The fourth-order valence-corrected chi connectivity index (χ4v) is 3.86. The smallest absolute Gasteiger partial charge is 0.00204 e. The van der Waals surface area contributed by atoms with E-state index in [4.69, 9.17) is 0 Å². The van der Waals surface area contributed by atoms with E-state index in [9.17, 15) is 0 Å². The van der Waals surface area contributed by atoms with Crippen LogP contribution in [0.5, 0.6) is 0 Å². The molecule has 5 aromatic rings. The van der Waals surface area contributed by atoms with Gasteiger partial charge >= 0.3 is 0 Å². The molecule has 0 amide bonds. The summed E-state index contributed by atoms with van der Waals surface area (Å²) in [5.41, 5.74) is 3.91. The largest absolute Gasteiger partial charge is 0.0616 e. The van der Waals surface area contributed by atoms with E-state index in [1.54, 1.807) is 0 Å². The van der Waals surface area contributed by atoms with E-state index >= 15 is 0 Å². The zero-order valence-corrected chi connectivity index (χ0v) is 14.2. The molecule has 0 spiro atoms. The van der Waals surface area contributed by atoms with Crippen LogP contribution in [-0.2, 0) is 0 Å². The highest BCUT2D eigenvalue weighted by atomic mass is 14.2. The van der Waals surface area contributed by atoms with Crippen LogP contribution in [0.1, 0.15) is 5.56 Å². The Kier molecular flexibility index (Phi) is 3.11. The molecule has 0 radical (unpaired) electrons. The van der Waals surface area contributed by atoms with Gasteiger partial charge in [-0.3, -0.25) is 0 Å². The lowest BCUT2D eigenvalue weighted by Gasteiger charge is -2.14. The second-order valence-corrected chi connectivity index (χ2v) is 6.72. The van der Waals surface area contributed by atoms with E-state index in [2.05, 4.69) is 97.9 Å². The average Bonchev–Trinajstić information content (AvgIpc) is 2.67. The monoisotopic (exact) mass is 318 g/mol. The lowest BCUT2D eigenvalue weighted by Crippen LogP contribution is -1.87. The fraction of sp³-hybridized carbons (Fsp3) is 0.0400. The van der Waals surface area contributed by atoms with E-state index in [0.717, 1.165) is 0 Å². The summed E-state index contributed by atoms with van der Waals surface area (Å²) in [6, 6.07) is 33.1. The fourth-order valence-electron chi connectivity index (χ4n) is 3.86. The van der Waals surface area contributed by atoms with Gasteiger partial charge in [-0.2, -0.15) is 0 Å². The Balaban J connectivity index is 2.06. The maximum Gasteiger partial charge on any atom is -0.00204 e. The summed E-state index contributed by atoms with van der Waals surface area (Å²) in [5.74, 6) is 0. The highest BCUT2D eigenvalue weighted by Gasteiger charge is 2.12. The molecule has 0 saturated heterocycles. The van der Waals surface area contributed by atoms with Crippen LogP contribution in [0.4, 0.5) is 0 Å². The van der Waals surface area contributed by atoms with Gasteiger partial charge in [-0.25, -0.2) is 0 Å². The quantitative estimate of drug-likeness (QED) is 0.228. The van der Waals surface area contributed by atoms with Crippen molar-refractivity contribution in [2.75, 3.05) is 0 Å². The van der Waals surface area contributed by atoms with Crippen LogP contribution < -0.4 is 0 Å². The molecule has 0 saturated carbocycles. The van der Waals surface area contributed by atoms with Crippen molar-refractivity contribution in [1.29, 1.82) is 0 Å². The standard InChI is InChI=1S/C25H18/c1-17-10-12-19(13-11-17)24-23-9-5-3-7-20(23)16-21-15-14-18-6-2-4-8-22(18)25(21)24/h2-16H,1H3. The molecule has 0 aromatic heterocycles. The molecular formula is C25H18. The van der Waals surface area contributed by atoms with Crippen LogP contribution in [0.25, 0.3) is 43.4 Å². The van der Waals surface area contributed by atoms with Crippen molar-refractivity contribution in [3.8, 4) is 11.1 Å². The van der Waals surface area contributed by atoms with Crippen molar-refractivity contribution in [2.45, 2.75) is 6.92 Å². The number of hydrogen-bond donors (Lipinski definition) is 0. The molecular weight excluding hydrogens is 300 g/mol. The van der Waals surface area contributed by atoms with Crippen molar-refractivity contribution in [3.63, 3.8) is 0 Å². The van der Waals surface area contributed by atoms with Crippen LogP contribution >= 0.6 is 0 Å². The predicted molar refractivity (Wildman–Crippen MR) is 109 cm³/mol. The Morgan fingerprint density at radius 2 is 1.16 bits per heavy atom. The summed E-state index contributed by atoms with van der Waals surface area (Å²) in [4.78, 5) is 0. The lowest BCUT2D eigenvalue weighted by molar-refractivity contribution is 1.48. The Labute approximate surface area is 147 Å². The van der Waals surface area contributed by atoms with Gasteiger partial charge < -0.3 is 0 Å². The minimum absolute atomic E-state index is 1.28. The molecule has 0 heterocycles. The van der Waals surface area contributed by atoms with Crippen molar-refractivity contribution >= 4 is 32.3 Å². The average molecular weight is 318 g/mol. The molecule has 0 aliphatic heterocycles. The Morgan fingerprint density at radius 1 is 0.520 bits per heavy atom. The van der Waals surface area contributed by atoms with Crippen molar-refractivity contribution in [2.24, 2.45) is 0 Å². The normalized spacial score (nSPS) is 11.4. The summed E-state index contributed by atoms with van der Waals surface area (Å²) in [6.07, 6.45) is 0. The number of fused-ring (bicyclic) bond motifs is 4. The van der Waals surface area contributed by atoms with Gasteiger partial charge in [-0.1, -0.05) is 90.5 Å². The van der Waals surface area contributed by atoms with Gasteiger partial charge in [0.15, 0.2) is 0 Å². The number of benzene rings is 5. The van der Waals surface area contributed by atoms with E-state index < -0.39 is 0 Å². The molecule has 5 aromatic carbocycles. The number of hydrogen-bond acceptors (Lipinski definition) is 0. The van der Waals surface area contributed by atoms with Crippen LogP contribution in [-0.4, -0.2) is 0 Å². The Morgan fingerprint density at radius 3 is 1.96 bits per heavy atom. The maximum atomic E-state index is 2.31. The minimum Gasteiger partial charge on any atom is -0.0616 e. The Bertz CT molecular complexity index is 1230. The molecule has 25 heavy (non-hydrogen) atoms. The van der Waals surface area contributed by atoms with E-state index in [0.29, 0.717) is 0 Å². The molecule has 0 unspecified atom stereocenters. The summed E-state index contributed by atoms with van der Waals surface area (Å²) in [6.45, 7) is 2.14. The van der Waals surface area contributed by atoms with Gasteiger partial charge in [0.05, 0.1) is 0 Å². The van der Waals surface area contributed by atoms with Crippen molar-refractivity contribution < 1.29 is 0 Å². The maximum absolute atomic E-state index is 2.31. The van der Waals surface area contributed by atoms with E-state index in [1.165, 1.54) is 49.0 Å². The lowest BCUT2D eigenvalue weighted by atomic mass is 9.89. The third kappa shape index (κ3) is 2.22. The van der Waals surface area contributed by atoms with Crippen molar-refractivity contribution in [1.82, 2.24) is 0 Å². The summed E-state index contributed by atoms with van der Waals surface area (Å²) in [7, 11) is 0. The predicted octanol–water partition coefficient (Wildman–Crippen LogP) is 7.12. The highest BCUT2D eigenvalue weighted by Crippen LogP contribution is 2.39. The second-order valence-electron chi connectivity index (χ2n) is 6.72. The molecule has 0 atom stereocenters. The van der Waals surface area contributed by atoms with Crippen LogP contribution in [0, 0.1) is 6.92 Å². The number of rotatable bonds is 1. The first-order chi connectivity index (χ1) is 12.3. The first-order valence-corrected chi connectivity index (χ1v) is 8.71. The first-order valence-electron chi connectivity index (χ1n) is 8.71. The molecule has 5 rings (SSSR count). The Hall–Kier alpha value is -3.12. The van der Waals surface area contributed by atoms with E-state index in [1.807, 2.05) is 0 Å². The minimum atomic E-state index is 1.28. The topological polar surface area (TPSA) is 0 Å². The van der Waals surface area contributed by atoms with Gasteiger partial charge in [0, 0.05) is 0 Å².